The van der Waals surface area contributed by atoms with Crippen LogP contribution in [0.1, 0.15) is 41.6 Å². The highest BCUT2D eigenvalue weighted by Crippen LogP contribution is 2.48. The number of hydrogen-bond donors (Lipinski definition) is 2. The first kappa shape index (κ1) is 13.2. The summed E-state index contributed by atoms with van der Waals surface area (Å²) in [5.74, 6) is 0.262. The monoisotopic (exact) mass is 273 g/mol. The standard InChI is InChI=1S/C16H19NO3/c1-9-3-2-4-13(14(9)16(19)20)17-15(18)12-8-10-5-6-11(12)7-10/h2-4,10-12H,5-8H2,1H3,(H,17,18)(H,19,20). The molecule has 0 spiro atoms. The number of benzene rings is 1. The van der Waals surface area contributed by atoms with Gasteiger partial charge in [0.15, 0.2) is 0 Å². The molecule has 2 saturated carbocycles. The number of carbonyl (C=O) groups is 2. The van der Waals surface area contributed by atoms with Gasteiger partial charge in [-0.3, -0.25) is 4.79 Å². The van der Waals surface area contributed by atoms with Gasteiger partial charge in [0.1, 0.15) is 0 Å². The van der Waals surface area contributed by atoms with Crippen LogP contribution in [0.4, 0.5) is 5.69 Å². The average Bonchev–Trinajstić information content (AvgIpc) is 3.00. The lowest BCUT2D eigenvalue weighted by Crippen LogP contribution is -2.28. The van der Waals surface area contributed by atoms with Gasteiger partial charge in [0.05, 0.1) is 11.3 Å². The third-order valence-electron chi connectivity index (χ3n) is 4.82. The van der Waals surface area contributed by atoms with Crippen molar-refractivity contribution in [3.05, 3.63) is 29.3 Å². The Morgan fingerprint density at radius 2 is 2.05 bits per heavy atom. The number of carboxylic acids is 1. The van der Waals surface area contributed by atoms with E-state index in [1.807, 2.05) is 0 Å². The van der Waals surface area contributed by atoms with Crippen LogP contribution in [0, 0.1) is 24.7 Å². The zero-order valence-corrected chi connectivity index (χ0v) is 11.6. The molecule has 106 valence electrons. The molecule has 3 rings (SSSR count). The molecule has 20 heavy (non-hydrogen) atoms. The summed E-state index contributed by atoms with van der Waals surface area (Å²) in [4.78, 5) is 23.7. The summed E-state index contributed by atoms with van der Waals surface area (Å²) in [6, 6.07) is 5.19. The Hall–Kier alpha value is -1.84. The molecule has 3 atom stereocenters. The van der Waals surface area contributed by atoms with Gasteiger partial charge < -0.3 is 10.4 Å². The second-order valence-corrected chi connectivity index (χ2v) is 6.07. The third kappa shape index (κ3) is 2.19. The second kappa shape index (κ2) is 4.93. The Labute approximate surface area is 118 Å². The molecular weight excluding hydrogens is 254 g/mol. The van der Waals surface area contributed by atoms with E-state index in [1.165, 1.54) is 6.42 Å². The Kier molecular flexibility index (Phi) is 3.24. The maximum Gasteiger partial charge on any atom is 0.338 e. The second-order valence-electron chi connectivity index (χ2n) is 6.07. The predicted octanol–water partition coefficient (Wildman–Crippen LogP) is 3.07. The number of aryl methyl sites for hydroxylation is 1. The molecule has 0 radical (unpaired) electrons. The minimum Gasteiger partial charge on any atom is -0.478 e. The topological polar surface area (TPSA) is 66.4 Å². The van der Waals surface area contributed by atoms with E-state index in [0.29, 0.717) is 23.1 Å². The zero-order valence-electron chi connectivity index (χ0n) is 11.6. The highest BCUT2D eigenvalue weighted by molar-refractivity contribution is 6.02. The van der Waals surface area contributed by atoms with Crippen LogP contribution in [0.3, 0.4) is 0 Å². The van der Waals surface area contributed by atoms with E-state index in [1.54, 1.807) is 25.1 Å². The van der Waals surface area contributed by atoms with Gasteiger partial charge in [-0.15, -0.1) is 0 Å². The van der Waals surface area contributed by atoms with Gasteiger partial charge >= 0.3 is 5.97 Å². The summed E-state index contributed by atoms with van der Waals surface area (Å²) in [7, 11) is 0. The van der Waals surface area contributed by atoms with Gasteiger partial charge in [0.25, 0.3) is 0 Å². The Morgan fingerprint density at radius 3 is 2.65 bits per heavy atom. The maximum atomic E-state index is 12.4. The fourth-order valence-corrected chi connectivity index (χ4v) is 3.85. The summed E-state index contributed by atoms with van der Waals surface area (Å²) < 4.78 is 0. The summed E-state index contributed by atoms with van der Waals surface area (Å²) in [6.07, 6.45) is 4.52. The van der Waals surface area contributed by atoms with E-state index in [2.05, 4.69) is 5.32 Å². The summed E-state index contributed by atoms with van der Waals surface area (Å²) in [6.45, 7) is 1.75. The van der Waals surface area contributed by atoms with Crippen molar-refractivity contribution >= 4 is 17.6 Å². The van der Waals surface area contributed by atoms with Crippen molar-refractivity contribution in [1.29, 1.82) is 0 Å². The van der Waals surface area contributed by atoms with Crippen LogP contribution in [0.15, 0.2) is 18.2 Å². The first-order valence-electron chi connectivity index (χ1n) is 7.20. The molecular formula is C16H19NO3. The number of anilines is 1. The van der Waals surface area contributed by atoms with Gasteiger partial charge in [0, 0.05) is 5.92 Å². The highest BCUT2D eigenvalue weighted by atomic mass is 16.4. The molecule has 4 heteroatoms. The summed E-state index contributed by atoms with van der Waals surface area (Å²) >= 11 is 0. The zero-order chi connectivity index (χ0) is 14.3. The van der Waals surface area contributed by atoms with E-state index >= 15 is 0 Å². The molecule has 2 aliphatic carbocycles. The normalized spacial score (nSPS) is 27.6. The lowest BCUT2D eigenvalue weighted by atomic mass is 9.88. The van der Waals surface area contributed by atoms with Gasteiger partial charge in [-0.25, -0.2) is 4.79 Å². The quantitative estimate of drug-likeness (QED) is 0.889. The van der Waals surface area contributed by atoms with Crippen molar-refractivity contribution in [1.82, 2.24) is 0 Å². The SMILES string of the molecule is Cc1cccc(NC(=O)C2CC3CCC2C3)c1C(=O)O. The molecule has 2 aliphatic rings. The first-order chi connectivity index (χ1) is 9.56. The smallest absolute Gasteiger partial charge is 0.338 e. The molecule has 0 saturated heterocycles. The van der Waals surface area contributed by atoms with Crippen LogP contribution < -0.4 is 5.32 Å². The van der Waals surface area contributed by atoms with Gasteiger partial charge in [-0.2, -0.15) is 0 Å². The largest absolute Gasteiger partial charge is 0.478 e. The number of fused-ring (bicyclic) bond motifs is 2. The fourth-order valence-electron chi connectivity index (χ4n) is 3.85. The van der Waals surface area contributed by atoms with Crippen LogP contribution in [-0.2, 0) is 4.79 Å². The van der Waals surface area contributed by atoms with Crippen molar-refractivity contribution in [3.8, 4) is 0 Å². The molecule has 2 bridgehead atoms. The van der Waals surface area contributed by atoms with E-state index in [9.17, 15) is 14.7 Å². The first-order valence-corrected chi connectivity index (χ1v) is 7.20. The molecule has 0 aromatic heterocycles. The molecule has 1 aromatic rings. The third-order valence-corrected chi connectivity index (χ3v) is 4.82. The fraction of sp³-hybridized carbons (Fsp3) is 0.500. The number of carbonyl (C=O) groups excluding carboxylic acids is 1. The highest BCUT2D eigenvalue weighted by Gasteiger charge is 2.43. The van der Waals surface area contributed by atoms with Crippen molar-refractivity contribution in [2.45, 2.75) is 32.6 Å². The molecule has 0 aliphatic heterocycles. The number of nitrogens with one attached hydrogen (secondary N) is 1. The van der Waals surface area contributed by atoms with Crippen molar-refractivity contribution < 1.29 is 14.7 Å². The van der Waals surface area contributed by atoms with Gasteiger partial charge in [-0.1, -0.05) is 18.6 Å². The van der Waals surface area contributed by atoms with Crippen LogP contribution in [0.2, 0.25) is 0 Å². The molecule has 2 N–H and O–H groups in total. The van der Waals surface area contributed by atoms with E-state index in [-0.39, 0.29) is 17.4 Å². The van der Waals surface area contributed by atoms with E-state index < -0.39 is 5.97 Å². The molecule has 3 unspecified atom stereocenters. The number of carboxylic acid groups (broad SMARTS) is 1. The van der Waals surface area contributed by atoms with Crippen LogP contribution in [0.5, 0.6) is 0 Å². The average molecular weight is 273 g/mol. The number of amides is 1. The molecule has 2 fully saturated rings. The minimum atomic E-state index is -0.994. The van der Waals surface area contributed by atoms with Crippen molar-refractivity contribution in [2.75, 3.05) is 5.32 Å². The molecule has 0 heterocycles. The number of rotatable bonds is 3. The number of hydrogen-bond acceptors (Lipinski definition) is 2. The van der Waals surface area contributed by atoms with Crippen molar-refractivity contribution in [3.63, 3.8) is 0 Å². The van der Waals surface area contributed by atoms with Gasteiger partial charge in [-0.05, 0) is 49.7 Å². The van der Waals surface area contributed by atoms with Crippen molar-refractivity contribution in [2.24, 2.45) is 17.8 Å². The molecule has 1 amide bonds. The Bertz CT molecular complexity index is 567. The number of aromatic carboxylic acids is 1. The molecule has 1 aromatic carbocycles. The van der Waals surface area contributed by atoms with Crippen LogP contribution in [0.25, 0.3) is 0 Å². The summed E-state index contributed by atoms with van der Waals surface area (Å²) in [5.41, 5.74) is 1.29. The lowest BCUT2D eigenvalue weighted by molar-refractivity contribution is -0.121. The minimum absolute atomic E-state index is 0.00898. The Balaban J connectivity index is 1.80. The summed E-state index contributed by atoms with van der Waals surface area (Å²) in [5, 5.41) is 12.1. The lowest BCUT2D eigenvalue weighted by Gasteiger charge is -2.21. The predicted molar refractivity (Wildman–Crippen MR) is 75.7 cm³/mol. The van der Waals surface area contributed by atoms with E-state index in [0.717, 1.165) is 19.3 Å². The molecule has 4 nitrogen and oxygen atoms in total. The van der Waals surface area contributed by atoms with Gasteiger partial charge in [0.2, 0.25) is 5.91 Å². The van der Waals surface area contributed by atoms with Crippen LogP contribution >= 0.6 is 0 Å². The Morgan fingerprint density at radius 1 is 1.25 bits per heavy atom. The van der Waals surface area contributed by atoms with Crippen LogP contribution in [-0.4, -0.2) is 17.0 Å². The van der Waals surface area contributed by atoms with E-state index in [4.69, 9.17) is 0 Å². The maximum absolute atomic E-state index is 12.4.